The molecule has 24 heavy (non-hydrogen) atoms. The molecule has 0 unspecified atom stereocenters. The number of aldehydes is 1. The largest absolute Gasteiger partial charge is 0.298 e. The first-order valence-corrected chi connectivity index (χ1v) is 7.80. The zero-order chi connectivity index (χ0) is 17.3. The Hall–Kier alpha value is -2.82. The van der Waals surface area contributed by atoms with E-state index in [9.17, 15) is 9.59 Å². The molecule has 0 N–H and O–H groups in total. The fourth-order valence-corrected chi connectivity index (χ4v) is 2.84. The van der Waals surface area contributed by atoms with Crippen molar-refractivity contribution in [1.29, 1.82) is 0 Å². The molecule has 0 saturated carbocycles. The van der Waals surface area contributed by atoms with Gasteiger partial charge in [-0.2, -0.15) is 5.10 Å². The molecule has 1 aromatic heterocycles. The van der Waals surface area contributed by atoms with E-state index in [1.807, 2.05) is 32.9 Å². The molecule has 0 radical (unpaired) electrons. The molecule has 2 heterocycles. The summed E-state index contributed by atoms with van der Waals surface area (Å²) in [6, 6.07) is 8.97. The molecule has 1 amide bonds. The summed E-state index contributed by atoms with van der Waals surface area (Å²) >= 11 is 0. The zero-order valence-corrected chi connectivity index (χ0v) is 14.0. The molecule has 2 aromatic rings. The zero-order valence-electron chi connectivity index (χ0n) is 14.0. The van der Waals surface area contributed by atoms with Gasteiger partial charge in [0.2, 0.25) is 0 Å². The second-order valence-corrected chi connectivity index (χ2v) is 6.58. The lowest BCUT2D eigenvalue weighted by Crippen LogP contribution is -2.41. The number of aromatic nitrogens is 1. The lowest BCUT2D eigenvalue weighted by Gasteiger charge is -2.28. The van der Waals surface area contributed by atoms with Crippen molar-refractivity contribution in [3.63, 3.8) is 0 Å². The van der Waals surface area contributed by atoms with Crippen molar-refractivity contribution >= 4 is 17.9 Å². The monoisotopic (exact) mass is 321 g/mol. The number of pyridine rings is 1. The number of hydrazone groups is 1. The summed E-state index contributed by atoms with van der Waals surface area (Å²) in [4.78, 5) is 27.7. The van der Waals surface area contributed by atoms with E-state index in [0.29, 0.717) is 17.5 Å². The predicted molar refractivity (Wildman–Crippen MR) is 92.2 cm³/mol. The van der Waals surface area contributed by atoms with Gasteiger partial charge < -0.3 is 0 Å². The van der Waals surface area contributed by atoms with Gasteiger partial charge in [0.05, 0.1) is 11.3 Å². The summed E-state index contributed by atoms with van der Waals surface area (Å²) in [6.07, 6.45) is 4.76. The van der Waals surface area contributed by atoms with Crippen LogP contribution in [-0.2, 0) is 0 Å². The van der Waals surface area contributed by atoms with Gasteiger partial charge in [0.25, 0.3) is 5.91 Å². The highest BCUT2D eigenvalue weighted by molar-refractivity contribution is 6.05. The van der Waals surface area contributed by atoms with Gasteiger partial charge in [-0.05, 0) is 38.0 Å². The van der Waals surface area contributed by atoms with Crippen LogP contribution in [0.5, 0.6) is 0 Å². The molecule has 1 aromatic carbocycles. The number of hydrogen-bond acceptors (Lipinski definition) is 4. The van der Waals surface area contributed by atoms with Gasteiger partial charge in [0.1, 0.15) is 6.29 Å². The molecule has 5 nitrogen and oxygen atoms in total. The third kappa shape index (κ3) is 2.85. The standard InChI is InChI=1S/C19H19N3O2/c1-13-11-20-9-8-16(13)18(24)22-19(2,3)10-17(21-22)15-6-4-14(12-23)5-7-15/h4-9,11-12H,10H2,1-3H3. The molecule has 0 spiro atoms. The predicted octanol–water partition coefficient (Wildman–Crippen LogP) is 3.23. The van der Waals surface area contributed by atoms with E-state index in [4.69, 9.17) is 0 Å². The van der Waals surface area contributed by atoms with Crippen molar-refractivity contribution in [2.45, 2.75) is 32.7 Å². The summed E-state index contributed by atoms with van der Waals surface area (Å²) in [6.45, 7) is 5.86. The third-order valence-corrected chi connectivity index (χ3v) is 4.22. The molecule has 122 valence electrons. The molecule has 0 bridgehead atoms. The van der Waals surface area contributed by atoms with Gasteiger partial charge in [-0.25, -0.2) is 5.01 Å². The van der Waals surface area contributed by atoms with E-state index in [0.717, 1.165) is 23.1 Å². The Labute approximate surface area is 141 Å². The van der Waals surface area contributed by atoms with Crippen LogP contribution >= 0.6 is 0 Å². The van der Waals surface area contributed by atoms with Crippen LogP contribution in [0, 0.1) is 6.92 Å². The number of rotatable bonds is 3. The highest BCUT2D eigenvalue weighted by atomic mass is 16.2. The van der Waals surface area contributed by atoms with Crippen LogP contribution in [-0.4, -0.2) is 33.4 Å². The molecule has 1 aliphatic rings. The molecule has 0 saturated heterocycles. The van der Waals surface area contributed by atoms with Crippen molar-refractivity contribution in [3.8, 4) is 0 Å². The van der Waals surface area contributed by atoms with Crippen LogP contribution in [0.15, 0.2) is 47.8 Å². The highest BCUT2D eigenvalue weighted by Gasteiger charge is 2.39. The maximum absolute atomic E-state index is 12.9. The van der Waals surface area contributed by atoms with Crippen LogP contribution in [0.1, 0.15) is 52.1 Å². The number of nitrogens with zero attached hydrogens (tertiary/aromatic N) is 3. The number of aryl methyl sites for hydroxylation is 1. The van der Waals surface area contributed by atoms with E-state index in [1.165, 1.54) is 0 Å². The first-order valence-electron chi connectivity index (χ1n) is 7.80. The van der Waals surface area contributed by atoms with E-state index in [-0.39, 0.29) is 5.91 Å². The first-order chi connectivity index (χ1) is 11.4. The number of hydrogen-bond donors (Lipinski definition) is 0. The Balaban J connectivity index is 1.95. The van der Waals surface area contributed by atoms with Gasteiger partial charge in [-0.15, -0.1) is 0 Å². The van der Waals surface area contributed by atoms with Crippen LogP contribution in [0.2, 0.25) is 0 Å². The molecule has 0 aliphatic carbocycles. The van der Waals surface area contributed by atoms with E-state index in [2.05, 4.69) is 10.1 Å². The smallest absolute Gasteiger partial charge is 0.274 e. The van der Waals surface area contributed by atoms with Crippen molar-refractivity contribution in [2.75, 3.05) is 0 Å². The Morgan fingerprint density at radius 1 is 1.21 bits per heavy atom. The molecular formula is C19H19N3O2. The molecule has 0 atom stereocenters. The average molecular weight is 321 g/mol. The third-order valence-electron chi connectivity index (χ3n) is 4.22. The Morgan fingerprint density at radius 2 is 1.92 bits per heavy atom. The second kappa shape index (κ2) is 6.00. The normalized spacial score (nSPS) is 16.0. The summed E-state index contributed by atoms with van der Waals surface area (Å²) in [5, 5.41) is 6.13. The number of benzene rings is 1. The number of carbonyl (C=O) groups excluding carboxylic acids is 2. The number of amides is 1. The van der Waals surface area contributed by atoms with Crippen molar-refractivity contribution in [3.05, 3.63) is 65.0 Å². The molecule has 1 aliphatic heterocycles. The van der Waals surface area contributed by atoms with Gasteiger partial charge >= 0.3 is 0 Å². The fraction of sp³-hybridized carbons (Fsp3) is 0.263. The Bertz CT molecular complexity index is 823. The van der Waals surface area contributed by atoms with E-state index < -0.39 is 5.54 Å². The molecule has 5 heteroatoms. The summed E-state index contributed by atoms with van der Waals surface area (Å²) < 4.78 is 0. The quantitative estimate of drug-likeness (QED) is 0.815. The maximum atomic E-state index is 12.9. The van der Waals surface area contributed by atoms with Crippen molar-refractivity contribution < 1.29 is 9.59 Å². The van der Waals surface area contributed by atoms with Crippen LogP contribution in [0.4, 0.5) is 0 Å². The number of carbonyl (C=O) groups is 2. The van der Waals surface area contributed by atoms with Gasteiger partial charge in [-0.1, -0.05) is 24.3 Å². The summed E-state index contributed by atoms with van der Waals surface area (Å²) in [5.74, 6) is -0.126. The minimum atomic E-state index is -0.411. The topological polar surface area (TPSA) is 62.6 Å². The fourth-order valence-electron chi connectivity index (χ4n) is 2.84. The lowest BCUT2D eigenvalue weighted by atomic mass is 9.94. The Kier molecular flexibility index (Phi) is 4.01. The van der Waals surface area contributed by atoms with Crippen molar-refractivity contribution in [1.82, 2.24) is 9.99 Å². The molecular weight excluding hydrogens is 302 g/mol. The van der Waals surface area contributed by atoms with Crippen LogP contribution < -0.4 is 0 Å². The van der Waals surface area contributed by atoms with Crippen LogP contribution in [0.25, 0.3) is 0 Å². The molecule has 3 rings (SSSR count). The highest BCUT2D eigenvalue weighted by Crippen LogP contribution is 2.31. The van der Waals surface area contributed by atoms with E-state index >= 15 is 0 Å². The second-order valence-electron chi connectivity index (χ2n) is 6.58. The van der Waals surface area contributed by atoms with Crippen LogP contribution in [0.3, 0.4) is 0 Å². The Morgan fingerprint density at radius 3 is 2.54 bits per heavy atom. The van der Waals surface area contributed by atoms with Crippen molar-refractivity contribution in [2.24, 2.45) is 5.10 Å². The van der Waals surface area contributed by atoms with Gasteiger partial charge in [-0.3, -0.25) is 14.6 Å². The van der Waals surface area contributed by atoms with Gasteiger partial charge in [0.15, 0.2) is 0 Å². The summed E-state index contributed by atoms with van der Waals surface area (Å²) in [7, 11) is 0. The minimum Gasteiger partial charge on any atom is -0.298 e. The summed E-state index contributed by atoms with van der Waals surface area (Å²) in [5.41, 5.74) is 3.42. The van der Waals surface area contributed by atoms with Gasteiger partial charge in [0, 0.05) is 29.9 Å². The maximum Gasteiger partial charge on any atom is 0.274 e. The lowest BCUT2D eigenvalue weighted by molar-refractivity contribution is 0.0611. The average Bonchev–Trinajstić information content (AvgIpc) is 2.90. The van der Waals surface area contributed by atoms with E-state index in [1.54, 1.807) is 35.6 Å². The minimum absolute atomic E-state index is 0.126. The first kappa shape index (κ1) is 16.1. The molecule has 0 fully saturated rings. The SMILES string of the molecule is Cc1cnccc1C(=O)N1N=C(c2ccc(C=O)cc2)CC1(C)C.